The molecule has 0 aliphatic heterocycles. The van der Waals surface area contributed by atoms with Gasteiger partial charge >= 0.3 is 0 Å². The van der Waals surface area contributed by atoms with Gasteiger partial charge in [0.2, 0.25) is 0 Å². The van der Waals surface area contributed by atoms with E-state index in [9.17, 15) is 5.11 Å². The molecule has 1 unspecified atom stereocenters. The zero-order chi connectivity index (χ0) is 10.7. The summed E-state index contributed by atoms with van der Waals surface area (Å²) in [4.78, 5) is 0. The molecule has 0 saturated carbocycles. The quantitative estimate of drug-likeness (QED) is 0.656. The minimum absolute atomic E-state index is 0.174. The lowest BCUT2D eigenvalue weighted by Gasteiger charge is -2.14. The van der Waals surface area contributed by atoms with Gasteiger partial charge in [-0.1, -0.05) is 24.3 Å². The Balaban J connectivity index is 1.85. The number of benzene rings is 1. The number of rotatable bonds is 4. The van der Waals surface area contributed by atoms with Crippen molar-refractivity contribution in [2.45, 2.75) is 25.0 Å². The molecule has 82 valence electrons. The van der Waals surface area contributed by atoms with E-state index in [1.165, 1.54) is 11.1 Å². The molecule has 0 bridgehead atoms. The fourth-order valence-electron chi connectivity index (χ4n) is 2.07. The molecule has 0 aromatic heterocycles. The zero-order valence-corrected chi connectivity index (χ0v) is 8.69. The van der Waals surface area contributed by atoms with Crippen LogP contribution in [0.2, 0.25) is 0 Å². The van der Waals surface area contributed by atoms with Gasteiger partial charge in [-0.3, -0.25) is 0 Å². The van der Waals surface area contributed by atoms with E-state index in [1.807, 2.05) is 0 Å². The van der Waals surface area contributed by atoms with Crippen molar-refractivity contribution in [1.29, 1.82) is 0 Å². The van der Waals surface area contributed by atoms with E-state index in [1.54, 1.807) is 0 Å². The van der Waals surface area contributed by atoms with Gasteiger partial charge in [0.1, 0.15) is 0 Å². The Morgan fingerprint density at radius 1 is 1.27 bits per heavy atom. The fourth-order valence-corrected chi connectivity index (χ4v) is 2.07. The van der Waals surface area contributed by atoms with E-state index in [-0.39, 0.29) is 6.61 Å². The van der Waals surface area contributed by atoms with Crippen LogP contribution in [0.15, 0.2) is 24.3 Å². The Kier molecular flexibility index (Phi) is 3.36. The van der Waals surface area contributed by atoms with E-state index in [0.29, 0.717) is 12.6 Å². The minimum atomic E-state index is -0.645. The first-order chi connectivity index (χ1) is 7.29. The summed E-state index contributed by atoms with van der Waals surface area (Å²) in [5.41, 5.74) is 2.79. The van der Waals surface area contributed by atoms with Crippen molar-refractivity contribution in [3.8, 4) is 0 Å². The van der Waals surface area contributed by atoms with Gasteiger partial charge in [0.25, 0.3) is 0 Å². The topological polar surface area (TPSA) is 52.5 Å². The van der Waals surface area contributed by atoms with Crippen molar-refractivity contribution in [1.82, 2.24) is 5.32 Å². The third-order valence-corrected chi connectivity index (χ3v) is 2.90. The number of nitrogens with one attached hydrogen (secondary N) is 1. The molecule has 0 amide bonds. The number of fused-ring (bicyclic) bond motifs is 1. The molecule has 3 N–H and O–H groups in total. The van der Waals surface area contributed by atoms with Crippen LogP contribution in [-0.4, -0.2) is 35.5 Å². The molecule has 1 atom stereocenters. The van der Waals surface area contributed by atoms with Gasteiger partial charge in [-0.25, -0.2) is 0 Å². The molecule has 1 aliphatic rings. The second-order valence-corrected chi connectivity index (χ2v) is 4.12. The summed E-state index contributed by atoms with van der Waals surface area (Å²) >= 11 is 0. The average molecular weight is 207 g/mol. The van der Waals surface area contributed by atoms with Gasteiger partial charge in [0.15, 0.2) is 0 Å². The highest BCUT2D eigenvalue weighted by Crippen LogP contribution is 2.21. The van der Waals surface area contributed by atoms with Gasteiger partial charge in [0, 0.05) is 12.6 Å². The first kappa shape index (κ1) is 10.6. The van der Waals surface area contributed by atoms with Crippen molar-refractivity contribution >= 4 is 0 Å². The Labute approximate surface area is 89.8 Å². The molecule has 3 nitrogen and oxygen atoms in total. The highest BCUT2D eigenvalue weighted by molar-refractivity contribution is 5.33. The molecule has 0 heterocycles. The van der Waals surface area contributed by atoms with Crippen molar-refractivity contribution < 1.29 is 10.2 Å². The van der Waals surface area contributed by atoms with E-state index >= 15 is 0 Å². The summed E-state index contributed by atoms with van der Waals surface area (Å²) in [5, 5.41) is 21.2. The highest BCUT2D eigenvalue weighted by atomic mass is 16.3. The third kappa shape index (κ3) is 2.56. The fraction of sp³-hybridized carbons (Fsp3) is 0.500. The molecule has 2 rings (SSSR count). The lowest BCUT2D eigenvalue weighted by Crippen LogP contribution is -2.37. The van der Waals surface area contributed by atoms with Crippen molar-refractivity contribution in [2.75, 3.05) is 13.2 Å². The van der Waals surface area contributed by atoms with Crippen LogP contribution in [0.3, 0.4) is 0 Å². The molecule has 15 heavy (non-hydrogen) atoms. The Morgan fingerprint density at radius 2 is 1.87 bits per heavy atom. The number of hydrogen-bond acceptors (Lipinski definition) is 3. The normalized spacial score (nSPS) is 17.7. The van der Waals surface area contributed by atoms with Gasteiger partial charge in [-0.2, -0.15) is 0 Å². The average Bonchev–Trinajstić information content (AvgIpc) is 2.68. The molecule has 1 aliphatic carbocycles. The maximum absolute atomic E-state index is 9.22. The molecule has 3 heteroatoms. The summed E-state index contributed by atoms with van der Waals surface area (Å²) in [5.74, 6) is 0. The Hall–Kier alpha value is -0.900. The van der Waals surface area contributed by atoms with Gasteiger partial charge in [0.05, 0.1) is 12.7 Å². The molecule has 0 radical (unpaired) electrons. The molecular weight excluding hydrogens is 190 g/mol. The second kappa shape index (κ2) is 4.75. The number of aliphatic hydroxyl groups excluding tert-OH is 2. The summed E-state index contributed by atoms with van der Waals surface area (Å²) < 4.78 is 0. The van der Waals surface area contributed by atoms with E-state index in [2.05, 4.69) is 29.6 Å². The van der Waals surface area contributed by atoms with Crippen molar-refractivity contribution in [3.05, 3.63) is 35.4 Å². The third-order valence-electron chi connectivity index (χ3n) is 2.90. The summed E-state index contributed by atoms with van der Waals surface area (Å²) in [6.45, 7) is 0.293. The van der Waals surface area contributed by atoms with Gasteiger partial charge in [-0.15, -0.1) is 0 Å². The smallest absolute Gasteiger partial charge is 0.0895 e. The van der Waals surface area contributed by atoms with Crippen LogP contribution in [0, 0.1) is 0 Å². The van der Waals surface area contributed by atoms with Crippen LogP contribution < -0.4 is 5.32 Å². The molecular formula is C12H17NO2. The first-order valence-electron chi connectivity index (χ1n) is 5.38. The monoisotopic (exact) mass is 207 g/mol. The minimum Gasteiger partial charge on any atom is -0.394 e. The molecule has 0 saturated heterocycles. The van der Waals surface area contributed by atoms with Gasteiger partial charge < -0.3 is 15.5 Å². The number of hydrogen-bond donors (Lipinski definition) is 3. The zero-order valence-electron chi connectivity index (χ0n) is 8.69. The second-order valence-electron chi connectivity index (χ2n) is 4.12. The maximum atomic E-state index is 9.22. The van der Waals surface area contributed by atoms with Crippen molar-refractivity contribution in [2.24, 2.45) is 0 Å². The Bertz CT molecular complexity index is 302. The number of aliphatic hydroxyl groups is 2. The van der Waals surface area contributed by atoms with E-state index < -0.39 is 6.10 Å². The lowest BCUT2D eigenvalue weighted by molar-refractivity contribution is 0.0921. The van der Waals surface area contributed by atoms with Crippen LogP contribution >= 0.6 is 0 Å². The molecule has 0 spiro atoms. The van der Waals surface area contributed by atoms with Crippen LogP contribution in [-0.2, 0) is 12.8 Å². The largest absolute Gasteiger partial charge is 0.394 e. The van der Waals surface area contributed by atoms with Crippen LogP contribution in [0.1, 0.15) is 11.1 Å². The predicted octanol–water partition coefficient (Wildman–Crippen LogP) is 0.0966. The van der Waals surface area contributed by atoms with Crippen LogP contribution in [0.5, 0.6) is 0 Å². The SMILES string of the molecule is OCC(O)CNC1Cc2ccccc2C1. The van der Waals surface area contributed by atoms with Crippen LogP contribution in [0.25, 0.3) is 0 Å². The van der Waals surface area contributed by atoms with Crippen LogP contribution in [0.4, 0.5) is 0 Å². The van der Waals surface area contributed by atoms with Crippen molar-refractivity contribution in [3.63, 3.8) is 0 Å². The van der Waals surface area contributed by atoms with E-state index in [0.717, 1.165) is 12.8 Å². The first-order valence-corrected chi connectivity index (χ1v) is 5.38. The summed E-state index contributed by atoms with van der Waals surface area (Å²) in [6.07, 6.45) is 1.40. The van der Waals surface area contributed by atoms with E-state index in [4.69, 9.17) is 5.11 Å². The van der Waals surface area contributed by atoms with Gasteiger partial charge in [-0.05, 0) is 24.0 Å². The standard InChI is InChI=1S/C12H17NO2/c14-8-12(15)7-13-11-5-9-3-1-2-4-10(9)6-11/h1-4,11-15H,5-8H2. The highest BCUT2D eigenvalue weighted by Gasteiger charge is 2.20. The molecule has 1 aromatic rings. The Morgan fingerprint density at radius 3 is 2.40 bits per heavy atom. The predicted molar refractivity (Wildman–Crippen MR) is 58.7 cm³/mol. The summed E-state index contributed by atoms with van der Waals surface area (Å²) in [6, 6.07) is 8.83. The lowest BCUT2D eigenvalue weighted by atomic mass is 10.1. The summed E-state index contributed by atoms with van der Waals surface area (Å²) in [7, 11) is 0. The molecule has 0 fully saturated rings. The molecule has 1 aromatic carbocycles. The maximum Gasteiger partial charge on any atom is 0.0895 e.